The van der Waals surface area contributed by atoms with Crippen molar-refractivity contribution in [3.05, 3.63) is 11.1 Å². The Kier molecular flexibility index (Phi) is 3.44. The monoisotopic (exact) mass is 225 g/mol. The van der Waals surface area contributed by atoms with Crippen molar-refractivity contribution in [2.75, 3.05) is 19.6 Å². The van der Waals surface area contributed by atoms with Crippen molar-refractivity contribution < 1.29 is 18.7 Å². The number of hydrogen-bond acceptors (Lipinski definition) is 2. The first-order valence-electron chi connectivity index (χ1n) is 4.10. The minimum Gasteiger partial charge on any atom is -0.477 e. The Labute approximate surface area is 84.9 Å². The second kappa shape index (κ2) is 4.23. The number of carboxylic acid groups (broad SMARTS) is 1. The third kappa shape index (κ3) is 2.92. The van der Waals surface area contributed by atoms with Gasteiger partial charge in [0, 0.05) is 18.1 Å². The largest absolute Gasteiger partial charge is 0.477 e. The van der Waals surface area contributed by atoms with Crippen LogP contribution in [-0.4, -0.2) is 41.5 Å². The maximum absolute atomic E-state index is 12.8. The zero-order valence-electron chi connectivity index (χ0n) is 7.34. The topological polar surface area (TPSA) is 40.5 Å². The highest BCUT2D eigenvalue weighted by Gasteiger charge is 2.40. The predicted octanol–water partition coefficient (Wildman–Crippen LogP) is 1.53. The highest BCUT2D eigenvalue weighted by atomic mass is 35.5. The molecule has 6 heteroatoms. The van der Waals surface area contributed by atoms with Gasteiger partial charge in [0.2, 0.25) is 0 Å². The summed E-state index contributed by atoms with van der Waals surface area (Å²) in [6.45, 7) is -0.171. The predicted molar refractivity (Wildman–Crippen MR) is 47.6 cm³/mol. The SMILES string of the molecule is O=C(O)C(F)(F)CN1CCC=C(Cl)C1. The number of alkyl halides is 2. The van der Waals surface area contributed by atoms with Gasteiger partial charge in [0.25, 0.3) is 0 Å². The minimum atomic E-state index is -3.70. The number of nitrogens with zero attached hydrogens (tertiary/aromatic N) is 1. The van der Waals surface area contributed by atoms with E-state index in [1.165, 1.54) is 4.90 Å². The van der Waals surface area contributed by atoms with Gasteiger partial charge in [-0.3, -0.25) is 4.90 Å². The lowest BCUT2D eigenvalue weighted by atomic mass is 10.2. The van der Waals surface area contributed by atoms with Crippen molar-refractivity contribution in [3.8, 4) is 0 Å². The molecule has 0 aromatic heterocycles. The van der Waals surface area contributed by atoms with Gasteiger partial charge in [-0.2, -0.15) is 8.78 Å². The van der Waals surface area contributed by atoms with Crippen LogP contribution in [0.15, 0.2) is 11.1 Å². The lowest BCUT2D eigenvalue weighted by Crippen LogP contribution is -2.44. The van der Waals surface area contributed by atoms with Gasteiger partial charge in [-0.15, -0.1) is 0 Å². The molecule has 0 radical (unpaired) electrons. The average Bonchev–Trinajstić information content (AvgIpc) is 2.02. The van der Waals surface area contributed by atoms with Crippen LogP contribution >= 0.6 is 11.6 Å². The number of aliphatic carboxylic acids is 1. The average molecular weight is 226 g/mol. The van der Waals surface area contributed by atoms with Crippen molar-refractivity contribution in [3.63, 3.8) is 0 Å². The zero-order valence-corrected chi connectivity index (χ0v) is 8.10. The zero-order chi connectivity index (χ0) is 10.8. The molecule has 0 saturated heterocycles. The Morgan fingerprint density at radius 3 is 2.86 bits per heavy atom. The van der Waals surface area contributed by atoms with Gasteiger partial charge in [0.1, 0.15) is 0 Å². The third-order valence-electron chi connectivity index (χ3n) is 1.92. The van der Waals surface area contributed by atoms with Crippen LogP contribution in [0.2, 0.25) is 0 Å². The summed E-state index contributed by atoms with van der Waals surface area (Å²) in [6.07, 6.45) is 2.32. The van der Waals surface area contributed by atoms with E-state index in [-0.39, 0.29) is 6.54 Å². The van der Waals surface area contributed by atoms with Gasteiger partial charge in [-0.05, 0) is 6.42 Å². The van der Waals surface area contributed by atoms with Crippen molar-refractivity contribution >= 4 is 17.6 Å². The molecule has 1 heterocycles. The van der Waals surface area contributed by atoms with Crippen LogP contribution in [0.25, 0.3) is 0 Å². The molecule has 0 unspecified atom stereocenters. The fourth-order valence-corrected chi connectivity index (χ4v) is 1.52. The lowest BCUT2D eigenvalue weighted by molar-refractivity contribution is -0.167. The molecule has 0 aromatic rings. The second-order valence-corrected chi connectivity index (χ2v) is 3.65. The molecule has 0 amide bonds. The second-order valence-electron chi connectivity index (χ2n) is 3.16. The normalized spacial score (nSPS) is 19.2. The van der Waals surface area contributed by atoms with Crippen LogP contribution in [-0.2, 0) is 4.79 Å². The Bertz CT molecular complexity index is 268. The molecule has 14 heavy (non-hydrogen) atoms. The molecule has 0 saturated carbocycles. The highest BCUT2D eigenvalue weighted by Crippen LogP contribution is 2.20. The Balaban J connectivity index is 2.53. The quantitative estimate of drug-likeness (QED) is 0.792. The maximum atomic E-state index is 12.8. The first kappa shape index (κ1) is 11.4. The Morgan fingerprint density at radius 1 is 1.71 bits per heavy atom. The van der Waals surface area contributed by atoms with E-state index in [1.807, 2.05) is 0 Å². The molecular weight excluding hydrogens is 216 g/mol. The van der Waals surface area contributed by atoms with E-state index in [1.54, 1.807) is 6.08 Å². The number of halogens is 3. The summed E-state index contributed by atoms with van der Waals surface area (Å²) in [5, 5.41) is 8.70. The number of carbonyl (C=O) groups is 1. The minimum absolute atomic E-state index is 0.199. The summed E-state index contributed by atoms with van der Waals surface area (Å²) in [5.74, 6) is -5.79. The van der Waals surface area contributed by atoms with Crippen molar-refractivity contribution in [2.45, 2.75) is 12.3 Å². The van der Waals surface area contributed by atoms with Crippen LogP contribution in [0.5, 0.6) is 0 Å². The molecule has 80 valence electrons. The van der Waals surface area contributed by atoms with E-state index in [0.29, 0.717) is 18.0 Å². The van der Waals surface area contributed by atoms with Crippen LogP contribution in [0, 0.1) is 0 Å². The molecule has 0 aromatic carbocycles. The number of hydrogen-bond donors (Lipinski definition) is 1. The number of carboxylic acids is 1. The molecule has 0 fully saturated rings. The van der Waals surface area contributed by atoms with Gasteiger partial charge in [0.05, 0.1) is 6.54 Å². The fraction of sp³-hybridized carbons (Fsp3) is 0.625. The van der Waals surface area contributed by atoms with Crippen LogP contribution in [0.1, 0.15) is 6.42 Å². The molecule has 1 aliphatic rings. The fourth-order valence-electron chi connectivity index (χ4n) is 1.24. The van der Waals surface area contributed by atoms with Crippen molar-refractivity contribution in [1.82, 2.24) is 4.90 Å². The molecule has 0 atom stereocenters. The van der Waals surface area contributed by atoms with E-state index < -0.39 is 18.4 Å². The molecule has 3 nitrogen and oxygen atoms in total. The van der Waals surface area contributed by atoms with E-state index in [2.05, 4.69) is 0 Å². The smallest absolute Gasteiger partial charge is 0.375 e. The lowest BCUT2D eigenvalue weighted by Gasteiger charge is -2.27. The third-order valence-corrected chi connectivity index (χ3v) is 2.19. The molecule has 1 rings (SSSR count). The van der Waals surface area contributed by atoms with Crippen LogP contribution in [0.3, 0.4) is 0 Å². The summed E-state index contributed by atoms with van der Waals surface area (Å²) in [6, 6.07) is 0. The molecule has 0 aliphatic carbocycles. The van der Waals surface area contributed by atoms with Gasteiger partial charge in [-0.25, -0.2) is 4.79 Å². The highest BCUT2D eigenvalue weighted by molar-refractivity contribution is 6.29. The molecular formula is C8H10ClF2NO2. The van der Waals surface area contributed by atoms with Crippen molar-refractivity contribution in [1.29, 1.82) is 0 Å². The van der Waals surface area contributed by atoms with Gasteiger partial charge < -0.3 is 5.11 Å². The summed E-state index contributed by atoms with van der Waals surface area (Å²) in [7, 11) is 0. The maximum Gasteiger partial charge on any atom is 0.375 e. The standard InChI is InChI=1S/C8H10ClF2NO2/c9-6-2-1-3-12(4-6)5-8(10,11)7(13)14/h2H,1,3-5H2,(H,13,14). The van der Waals surface area contributed by atoms with Gasteiger partial charge in [0.15, 0.2) is 0 Å². The summed E-state index contributed by atoms with van der Waals surface area (Å²) in [4.78, 5) is 11.5. The van der Waals surface area contributed by atoms with E-state index >= 15 is 0 Å². The number of rotatable bonds is 3. The first-order valence-corrected chi connectivity index (χ1v) is 4.48. The molecule has 1 N–H and O–H groups in total. The summed E-state index contributed by atoms with van der Waals surface area (Å²) < 4.78 is 25.5. The first-order chi connectivity index (χ1) is 6.42. The van der Waals surface area contributed by atoms with Crippen molar-refractivity contribution in [2.24, 2.45) is 0 Å². The Hall–Kier alpha value is -0.680. The Morgan fingerprint density at radius 2 is 2.36 bits per heavy atom. The molecule has 1 aliphatic heterocycles. The van der Waals surface area contributed by atoms with Gasteiger partial charge >= 0.3 is 11.9 Å². The van der Waals surface area contributed by atoms with E-state index in [4.69, 9.17) is 16.7 Å². The summed E-state index contributed by atoms with van der Waals surface area (Å²) >= 11 is 5.65. The van der Waals surface area contributed by atoms with E-state index in [0.717, 1.165) is 0 Å². The molecule has 0 spiro atoms. The van der Waals surface area contributed by atoms with Crippen LogP contribution < -0.4 is 0 Å². The van der Waals surface area contributed by atoms with Crippen LogP contribution in [0.4, 0.5) is 8.78 Å². The summed E-state index contributed by atoms with van der Waals surface area (Å²) in [5.41, 5.74) is 0. The molecule has 0 bridgehead atoms. The van der Waals surface area contributed by atoms with E-state index in [9.17, 15) is 13.6 Å². The van der Waals surface area contributed by atoms with Gasteiger partial charge in [-0.1, -0.05) is 17.7 Å².